The Morgan fingerprint density at radius 1 is 1.21 bits per heavy atom. The second-order valence-corrected chi connectivity index (χ2v) is 7.00. The van der Waals surface area contributed by atoms with Gasteiger partial charge in [0.05, 0.1) is 24.1 Å². The van der Waals surface area contributed by atoms with Crippen molar-refractivity contribution in [2.24, 2.45) is 13.0 Å². The van der Waals surface area contributed by atoms with E-state index in [-0.39, 0.29) is 0 Å². The SMILES string of the molecule is COc1c(CNC[C@H](C)Cn2nc(C)cc2C)c(C(C)C)nn1C. The lowest BCUT2D eigenvalue weighted by atomic mass is 10.1. The lowest BCUT2D eigenvalue weighted by Gasteiger charge is -2.15. The standard InChI is InChI=1S/C18H31N5O/c1-12(2)17-16(18(24-7)22(6)21-17)10-19-9-13(3)11-23-15(5)8-14(4)20-23/h8,12-13,19H,9-11H2,1-7H3/t13-/m0/s1. The summed E-state index contributed by atoms with van der Waals surface area (Å²) in [6.45, 7) is 13.3. The van der Waals surface area contributed by atoms with Crippen LogP contribution in [0.3, 0.4) is 0 Å². The molecule has 0 unspecified atom stereocenters. The van der Waals surface area contributed by atoms with Crippen LogP contribution < -0.4 is 10.1 Å². The van der Waals surface area contributed by atoms with E-state index in [2.05, 4.69) is 54.0 Å². The van der Waals surface area contributed by atoms with Crippen LogP contribution in [0, 0.1) is 19.8 Å². The number of hydrogen-bond acceptors (Lipinski definition) is 4. The van der Waals surface area contributed by atoms with E-state index in [0.717, 1.165) is 42.5 Å². The predicted octanol–water partition coefficient (Wildman–Crippen LogP) is 2.79. The molecule has 2 aromatic heterocycles. The minimum atomic E-state index is 0.379. The summed E-state index contributed by atoms with van der Waals surface area (Å²) in [5, 5.41) is 12.7. The van der Waals surface area contributed by atoms with E-state index in [1.807, 2.05) is 18.7 Å². The van der Waals surface area contributed by atoms with Crippen molar-refractivity contribution in [2.45, 2.75) is 53.6 Å². The number of nitrogens with zero attached hydrogens (tertiary/aromatic N) is 4. The maximum atomic E-state index is 5.52. The zero-order valence-corrected chi connectivity index (χ0v) is 16.1. The van der Waals surface area contributed by atoms with Gasteiger partial charge in [-0.3, -0.25) is 4.68 Å². The molecule has 0 aromatic carbocycles. The van der Waals surface area contributed by atoms with Gasteiger partial charge in [-0.15, -0.1) is 0 Å². The molecule has 2 aromatic rings. The maximum absolute atomic E-state index is 5.52. The Labute approximate surface area is 145 Å². The summed E-state index contributed by atoms with van der Waals surface area (Å²) in [4.78, 5) is 0. The van der Waals surface area contributed by atoms with Crippen molar-refractivity contribution in [3.8, 4) is 5.88 Å². The smallest absolute Gasteiger partial charge is 0.216 e. The maximum Gasteiger partial charge on any atom is 0.216 e. The van der Waals surface area contributed by atoms with Crippen molar-refractivity contribution in [3.63, 3.8) is 0 Å². The Hall–Kier alpha value is -1.82. The molecular weight excluding hydrogens is 302 g/mol. The number of rotatable bonds is 8. The fourth-order valence-corrected chi connectivity index (χ4v) is 3.12. The van der Waals surface area contributed by atoms with Gasteiger partial charge in [0.2, 0.25) is 5.88 Å². The van der Waals surface area contributed by atoms with Crippen LogP contribution in [0.4, 0.5) is 0 Å². The Bertz CT molecular complexity index is 671. The molecule has 24 heavy (non-hydrogen) atoms. The summed E-state index contributed by atoms with van der Waals surface area (Å²) < 4.78 is 9.44. The third kappa shape index (κ3) is 4.17. The van der Waals surface area contributed by atoms with Gasteiger partial charge >= 0.3 is 0 Å². The normalized spacial score (nSPS) is 12.8. The molecule has 2 heterocycles. The zero-order chi connectivity index (χ0) is 17.9. The van der Waals surface area contributed by atoms with Crippen LogP contribution in [0.5, 0.6) is 5.88 Å². The minimum Gasteiger partial charge on any atom is -0.481 e. The van der Waals surface area contributed by atoms with Crippen molar-refractivity contribution in [3.05, 3.63) is 28.7 Å². The number of aromatic nitrogens is 4. The van der Waals surface area contributed by atoms with Crippen molar-refractivity contribution in [2.75, 3.05) is 13.7 Å². The molecule has 0 bridgehead atoms. The lowest BCUT2D eigenvalue weighted by molar-refractivity contribution is 0.365. The van der Waals surface area contributed by atoms with Gasteiger partial charge in [0.1, 0.15) is 0 Å². The molecule has 0 saturated carbocycles. The van der Waals surface area contributed by atoms with Crippen LogP contribution in [0.15, 0.2) is 6.07 Å². The highest BCUT2D eigenvalue weighted by molar-refractivity contribution is 5.33. The third-order valence-electron chi connectivity index (χ3n) is 4.24. The van der Waals surface area contributed by atoms with Crippen molar-refractivity contribution in [1.82, 2.24) is 24.9 Å². The second-order valence-electron chi connectivity index (χ2n) is 7.00. The van der Waals surface area contributed by atoms with Crippen molar-refractivity contribution in [1.29, 1.82) is 0 Å². The molecule has 0 fully saturated rings. The van der Waals surface area contributed by atoms with E-state index in [0.29, 0.717) is 11.8 Å². The minimum absolute atomic E-state index is 0.379. The highest BCUT2D eigenvalue weighted by Gasteiger charge is 2.19. The van der Waals surface area contributed by atoms with E-state index in [9.17, 15) is 0 Å². The van der Waals surface area contributed by atoms with E-state index >= 15 is 0 Å². The topological polar surface area (TPSA) is 56.9 Å². The molecule has 134 valence electrons. The second kappa shape index (κ2) is 7.83. The van der Waals surface area contributed by atoms with Crippen molar-refractivity contribution >= 4 is 0 Å². The zero-order valence-electron chi connectivity index (χ0n) is 16.1. The summed E-state index contributed by atoms with van der Waals surface area (Å²) in [6.07, 6.45) is 0. The number of hydrogen-bond donors (Lipinski definition) is 1. The first-order chi connectivity index (χ1) is 11.3. The number of aryl methyl sites for hydroxylation is 3. The van der Waals surface area contributed by atoms with Gasteiger partial charge in [-0.05, 0) is 38.3 Å². The summed E-state index contributed by atoms with van der Waals surface area (Å²) in [6, 6.07) is 2.12. The summed E-state index contributed by atoms with van der Waals surface area (Å²) in [7, 11) is 3.63. The van der Waals surface area contributed by atoms with E-state index in [4.69, 9.17) is 4.74 Å². The van der Waals surface area contributed by atoms with Gasteiger partial charge in [0.15, 0.2) is 0 Å². The van der Waals surface area contributed by atoms with Gasteiger partial charge < -0.3 is 10.1 Å². The Kier molecular flexibility index (Phi) is 6.04. The molecular formula is C18H31N5O. The Morgan fingerprint density at radius 2 is 1.92 bits per heavy atom. The molecule has 0 aliphatic heterocycles. The van der Waals surface area contributed by atoms with Gasteiger partial charge in [0.25, 0.3) is 0 Å². The van der Waals surface area contributed by atoms with E-state index in [1.54, 1.807) is 7.11 Å². The molecule has 6 heteroatoms. The van der Waals surface area contributed by atoms with Crippen LogP contribution >= 0.6 is 0 Å². The fourth-order valence-electron chi connectivity index (χ4n) is 3.12. The van der Waals surface area contributed by atoms with Crippen LogP contribution in [-0.4, -0.2) is 33.2 Å². The van der Waals surface area contributed by atoms with Gasteiger partial charge in [0, 0.05) is 25.8 Å². The molecule has 1 N–H and O–H groups in total. The quantitative estimate of drug-likeness (QED) is 0.807. The first-order valence-electron chi connectivity index (χ1n) is 8.65. The molecule has 0 aliphatic carbocycles. The summed E-state index contributed by atoms with van der Waals surface area (Å²) >= 11 is 0. The molecule has 0 radical (unpaired) electrons. The monoisotopic (exact) mass is 333 g/mol. The molecule has 0 spiro atoms. The summed E-state index contributed by atoms with van der Waals surface area (Å²) in [5.74, 6) is 1.72. The summed E-state index contributed by atoms with van der Waals surface area (Å²) in [5.41, 5.74) is 4.56. The molecule has 0 aliphatic rings. The first kappa shape index (κ1) is 18.5. The third-order valence-corrected chi connectivity index (χ3v) is 4.24. The molecule has 1 atom stereocenters. The molecule has 6 nitrogen and oxygen atoms in total. The van der Waals surface area contributed by atoms with Gasteiger partial charge in [-0.2, -0.15) is 10.2 Å². The first-order valence-corrected chi connectivity index (χ1v) is 8.65. The number of methoxy groups -OCH3 is 1. The number of ether oxygens (including phenoxy) is 1. The van der Waals surface area contributed by atoms with Gasteiger partial charge in [-0.25, -0.2) is 4.68 Å². The van der Waals surface area contributed by atoms with E-state index in [1.165, 1.54) is 5.69 Å². The Balaban J connectivity index is 1.95. The van der Waals surface area contributed by atoms with Crippen LogP contribution in [0.25, 0.3) is 0 Å². The average molecular weight is 333 g/mol. The number of nitrogens with one attached hydrogen (secondary N) is 1. The van der Waals surface area contributed by atoms with Crippen LogP contribution in [0.2, 0.25) is 0 Å². The van der Waals surface area contributed by atoms with Crippen molar-refractivity contribution < 1.29 is 4.74 Å². The molecule has 2 rings (SSSR count). The average Bonchev–Trinajstić information content (AvgIpc) is 2.98. The highest BCUT2D eigenvalue weighted by Crippen LogP contribution is 2.26. The fraction of sp³-hybridized carbons (Fsp3) is 0.667. The Morgan fingerprint density at radius 3 is 2.46 bits per heavy atom. The van der Waals surface area contributed by atoms with Crippen LogP contribution in [-0.2, 0) is 20.1 Å². The van der Waals surface area contributed by atoms with Crippen LogP contribution in [0.1, 0.15) is 49.3 Å². The van der Waals surface area contributed by atoms with Gasteiger partial charge in [-0.1, -0.05) is 20.8 Å². The molecule has 0 saturated heterocycles. The van der Waals surface area contributed by atoms with E-state index < -0.39 is 0 Å². The lowest BCUT2D eigenvalue weighted by Crippen LogP contribution is -2.25. The molecule has 0 amide bonds. The highest BCUT2D eigenvalue weighted by atomic mass is 16.5. The predicted molar refractivity (Wildman–Crippen MR) is 96.4 cm³/mol. The largest absolute Gasteiger partial charge is 0.481 e.